The maximum Gasteiger partial charge on any atom is 0.262 e. The van der Waals surface area contributed by atoms with Crippen molar-refractivity contribution in [2.75, 3.05) is 24.5 Å². The molecule has 1 amide bonds. The van der Waals surface area contributed by atoms with Gasteiger partial charge in [0, 0.05) is 29.9 Å². The lowest BCUT2D eigenvalue weighted by Gasteiger charge is -2.44. The van der Waals surface area contributed by atoms with Crippen LogP contribution in [-0.4, -0.2) is 45.0 Å². The number of likely N-dealkylation sites (tertiary alicyclic amines) is 1. The largest absolute Gasteiger partial charge is 0.486 e. The molecule has 170 valence electrons. The Balaban J connectivity index is 1.30. The third-order valence-corrected chi connectivity index (χ3v) is 8.09. The summed E-state index contributed by atoms with van der Waals surface area (Å²) in [6.07, 6.45) is 7.03. The Labute approximate surface area is 188 Å². The summed E-state index contributed by atoms with van der Waals surface area (Å²) in [6.45, 7) is 1.64. The molecule has 1 saturated heterocycles. The molecular weight excluding hydrogens is 428 g/mol. The molecule has 0 bridgehead atoms. The van der Waals surface area contributed by atoms with Crippen molar-refractivity contribution in [3.05, 3.63) is 48.0 Å². The number of nitrogens with zero attached hydrogens (tertiary/aromatic N) is 1. The Bertz CT molecular complexity index is 1100. The zero-order valence-corrected chi connectivity index (χ0v) is 18.8. The molecule has 0 spiro atoms. The standard InChI is InChI=1S/C24H28N2O5S/c27-24(26-13-3-5-17-4-1-2-6-21(17)26)18-7-9-19(10-8-18)25-32(28,29)20-11-12-22-23(16-20)31-15-14-30-22/h7-12,16-17,21,25H,1-6,13-15H2/t17-,21+/m1/s1. The van der Waals surface area contributed by atoms with Gasteiger partial charge < -0.3 is 14.4 Å². The molecular formula is C24H28N2O5S. The first-order chi connectivity index (χ1) is 15.5. The van der Waals surface area contributed by atoms with Crippen molar-refractivity contribution in [1.82, 2.24) is 4.90 Å². The van der Waals surface area contributed by atoms with Crippen LogP contribution in [0.25, 0.3) is 0 Å². The van der Waals surface area contributed by atoms with Crippen molar-refractivity contribution >= 4 is 21.6 Å². The summed E-state index contributed by atoms with van der Waals surface area (Å²) < 4.78 is 39.2. The Kier molecular flexibility index (Phi) is 5.71. The summed E-state index contributed by atoms with van der Waals surface area (Å²) >= 11 is 0. The van der Waals surface area contributed by atoms with Gasteiger partial charge in [0.05, 0.1) is 4.90 Å². The second-order valence-electron chi connectivity index (χ2n) is 8.74. The molecule has 2 aliphatic heterocycles. The van der Waals surface area contributed by atoms with Crippen molar-refractivity contribution in [2.45, 2.75) is 49.5 Å². The van der Waals surface area contributed by atoms with E-state index in [1.54, 1.807) is 30.3 Å². The molecule has 1 aliphatic carbocycles. The summed E-state index contributed by atoms with van der Waals surface area (Å²) in [6, 6.07) is 11.6. The molecule has 32 heavy (non-hydrogen) atoms. The Morgan fingerprint density at radius 1 is 0.906 bits per heavy atom. The molecule has 2 atom stereocenters. The number of hydrogen-bond acceptors (Lipinski definition) is 5. The summed E-state index contributed by atoms with van der Waals surface area (Å²) in [5.41, 5.74) is 1.00. The van der Waals surface area contributed by atoms with Gasteiger partial charge in [0.1, 0.15) is 13.2 Å². The van der Waals surface area contributed by atoms with E-state index in [1.165, 1.54) is 37.8 Å². The summed E-state index contributed by atoms with van der Waals surface area (Å²) in [7, 11) is -3.80. The number of piperidine rings is 1. The second kappa shape index (κ2) is 8.65. The van der Waals surface area contributed by atoms with Crippen LogP contribution in [0.4, 0.5) is 5.69 Å². The van der Waals surface area contributed by atoms with Crippen LogP contribution in [0.2, 0.25) is 0 Å². The lowest BCUT2D eigenvalue weighted by Crippen LogP contribution is -2.49. The summed E-state index contributed by atoms with van der Waals surface area (Å²) in [4.78, 5) is 15.3. The summed E-state index contributed by atoms with van der Waals surface area (Å²) in [5, 5.41) is 0. The number of hydrogen-bond donors (Lipinski definition) is 1. The lowest BCUT2D eigenvalue weighted by molar-refractivity contribution is 0.0390. The van der Waals surface area contributed by atoms with Crippen molar-refractivity contribution in [2.24, 2.45) is 5.92 Å². The fourth-order valence-electron chi connectivity index (χ4n) is 5.13. The fourth-order valence-corrected chi connectivity index (χ4v) is 6.20. The highest BCUT2D eigenvalue weighted by Crippen LogP contribution is 2.36. The number of amides is 1. The van der Waals surface area contributed by atoms with Gasteiger partial charge in [-0.15, -0.1) is 0 Å². The molecule has 2 heterocycles. The van der Waals surface area contributed by atoms with Crippen molar-refractivity contribution in [1.29, 1.82) is 0 Å². The van der Waals surface area contributed by atoms with E-state index in [1.807, 2.05) is 4.90 Å². The van der Waals surface area contributed by atoms with Crippen molar-refractivity contribution in [3.63, 3.8) is 0 Å². The van der Waals surface area contributed by atoms with Gasteiger partial charge in [0.25, 0.3) is 15.9 Å². The first-order valence-electron chi connectivity index (χ1n) is 11.3. The molecule has 3 aliphatic rings. The van der Waals surface area contributed by atoms with E-state index in [0.717, 1.165) is 19.4 Å². The molecule has 2 fully saturated rings. The minimum absolute atomic E-state index is 0.0443. The monoisotopic (exact) mass is 456 g/mol. The van der Waals surface area contributed by atoms with Crippen LogP contribution < -0.4 is 14.2 Å². The third-order valence-electron chi connectivity index (χ3n) is 6.71. The molecule has 1 N–H and O–H groups in total. The molecule has 0 unspecified atom stereocenters. The van der Waals surface area contributed by atoms with Crippen LogP contribution in [-0.2, 0) is 10.0 Å². The highest BCUT2D eigenvalue weighted by Gasteiger charge is 2.36. The first kappa shape index (κ1) is 21.1. The normalized spacial score (nSPS) is 22.7. The predicted octanol–water partition coefficient (Wildman–Crippen LogP) is 4.05. The molecule has 2 aromatic carbocycles. The molecule has 2 aromatic rings. The first-order valence-corrected chi connectivity index (χ1v) is 12.8. The smallest absolute Gasteiger partial charge is 0.262 e. The zero-order valence-electron chi connectivity index (χ0n) is 18.0. The number of carbonyl (C=O) groups excluding carboxylic acids is 1. The SMILES string of the molecule is O=C(c1ccc(NS(=O)(=O)c2ccc3c(c2)OCCO3)cc1)N1CCC[C@H]2CCCC[C@@H]21. The number of rotatable bonds is 4. The number of sulfonamides is 1. The fraction of sp³-hybridized carbons (Fsp3) is 0.458. The zero-order chi connectivity index (χ0) is 22.1. The van der Waals surface area contributed by atoms with Gasteiger partial charge in [-0.05, 0) is 68.0 Å². The number of benzene rings is 2. The maximum atomic E-state index is 13.2. The summed E-state index contributed by atoms with van der Waals surface area (Å²) in [5.74, 6) is 1.62. The van der Waals surface area contributed by atoms with E-state index in [4.69, 9.17) is 9.47 Å². The van der Waals surface area contributed by atoms with Crippen molar-refractivity contribution < 1.29 is 22.7 Å². The quantitative estimate of drug-likeness (QED) is 0.750. The molecule has 5 rings (SSSR count). The maximum absolute atomic E-state index is 13.2. The van der Waals surface area contributed by atoms with Crippen LogP contribution in [0.15, 0.2) is 47.4 Å². The van der Waals surface area contributed by atoms with E-state index in [0.29, 0.717) is 47.9 Å². The predicted molar refractivity (Wildman–Crippen MR) is 121 cm³/mol. The van der Waals surface area contributed by atoms with Gasteiger partial charge in [-0.1, -0.05) is 12.8 Å². The molecule has 1 saturated carbocycles. The number of ether oxygens (including phenoxy) is 2. The van der Waals surface area contributed by atoms with Crippen LogP contribution in [0.3, 0.4) is 0 Å². The number of carbonyl (C=O) groups is 1. The van der Waals surface area contributed by atoms with E-state index in [-0.39, 0.29) is 10.8 Å². The van der Waals surface area contributed by atoms with Gasteiger partial charge in [-0.25, -0.2) is 8.42 Å². The number of fused-ring (bicyclic) bond motifs is 2. The second-order valence-corrected chi connectivity index (χ2v) is 10.4. The van der Waals surface area contributed by atoms with Crippen molar-refractivity contribution in [3.8, 4) is 11.5 Å². The van der Waals surface area contributed by atoms with Gasteiger partial charge in [0.15, 0.2) is 11.5 Å². The van der Waals surface area contributed by atoms with E-state index >= 15 is 0 Å². The van der Waals surface area contributed by atoms with Crippen LogP contribution in [0, 0.1) is 5.92 Å². The number of nitrogens with one attached hydrogen (secondary N) is 1. The average Bonchev–Trinajstić information content (AvgIpc) is 2.83. The number of anilines is 1. The van der Waals surface area contributed by atoms with Gasteiger partial charge in [0.2, 0.25) is 0 Å². The van der Waals surface area contributed by atoms with Gasteiger partial charge >= 0.3 is 0 Å². The molecule has 8 heteroatoms. The van der Waals surface area contributed by atoms with Crippen LogP contribution in [0.5, 0.6) is 11.5 Å². The highest BCUT2D eigenvalue weighted by molar-refractivity contribution is 7.92. The van der Waals surface area contributed by atoms with E-state index in [2.05, 4.69) is 4.72 Å². The minimum Gasteiger partial charge on any atom is -0.486 e. The minimum atomic E-state index is -3.80. The van der Waals surface area contributed by atoms with E-state index < -0.39 is 10.0 Å². The third kappa shape index (κ3) is 4.16. The van der Waals surface area contributed by atoms with Gasteiger partial charge in [-0.3, -0.25) is 9.52 Å². The Morgan fingerprint density at radius 2 is 1.62 bits per heavy atom. The van der Waals surface area contributed by atoms with Gasteiger partial charge in [-0.2, -0.15) is 0 Å². The average molecular weight is 457 g/mol. The van der Waals surface area contributed by atoms with Crippen LogP contribution in [0.1, 0.15) is 48.9 Å². The lowest BCUT2D eigenvalue weighted by atomic mass is 9.78. The van der Waals surface area contributed by atoms with Crippen LogP contribution >= 0.6 is 0 Å². The Morgan fingerprint density at radius 3 is 2.44 bits per heavy atom. The molecule has 0 aromatic heterocycles. The molecule has 0 radical (unpaired) electrons. The topological polar surface area (TPSA) is 84.9 Å². The Hall–Kier alpha value is -2.74. The highest BCUT2D eigenvalue weighted by atomic mass is 32.2. The van der Waals surface area contributed by atoms with E-state index in [9.17, 15) is 13.2 Å². The molecule has 7 nitrogen and oxygen atoms in total.